The summed E-state index contributed by atoms with van der Waals surface area (Å²) in [5.41, 5.74) is 1.79. The van der Waals surface area contributed by atoms with E-state index in [0.29, 0.717) is 24.1 Å². The summed E-state index contributed by atoms with van der Waals surface area (Å²) in [6.07, 6.45) is 0.958. The molecule has 21 heavy (non-hydrogen) atoms. The van der Waals surface area contributed by atoms with Crippen LogP contribution in [0.15, 0.2) is 18.2 Å². The molecule has 0 radical (unpaired) electrons. The quantitative estimate of drug-likeness (QED) is 0.764. The summed E-state index contributed by atoms with van der Waals surface area (Å²) in [6, 6.07) is 3.96. The molecule has 1 heterocycles. The van der Waals surface area contributed by atoms with E-state index in [1.165, 1.54) is 0 Å². The molecule has 1 aromatic rings. The van der Waals surface area contributed by atoms with Crippen LogP contribution >= 0.6 is 0 Å². The van der Waals surface area contributed by atoms with Gasteiger partial charge in [0.2, 0.25) is 5.91 Å². The van der Waals surface area contributed by atoms with E-state index >= 15 is 0 Å². The summed E-state index contributed by atoms with van der Waals surface area (Å²) in [6.45, 7) is 3.65. The fraction of sp³-hybridized carbons (Fsp3) is 0.400. The number of carboxylic acids is 1. The van der Waals surface area contributed by atoms with Gasteiger partial charge in [0.05, 0.1) is 6.42 Å². The van der Waals surface area contributed by atoms with E-state index in [1.807, 2.05) is 6.92 Å². The number of hydrogen-bond acceptors (Lipinski definition) is 3. The Hall–Kier alpha value is -2.37. The van der Waals surface area contributed by atoms with Crippen LogP contribution in [-0.4, -0.2) is 28.9 Å². The standard InChI is InChI=1S/C15H18N2O4/c1-3-8(2)13(15(20)21)17-14(19)10-5-4-9-7-12(18)16-11(9)6-10/h4-6,8,13H,3,7H2,1-2H3,(H,16,18)(H,17,19)(H,20,21)/t8-,13-/m0/s1. The monoisotopic (exact) mass is 290 g/mol. The smallest absolute Gasteiger partial charge is 0.326 e. The molecule has 2 amide bonds. The minimum Gasteiger partial charge on any atom is -0.480 e. The molecule has 0 saturated heterocycles. The van der Waals surface area contributed by atoms with Crippen molar-refractivity contribution in [1.82, 2.24) is 5.32 Å². The number of carbonyl (C=O) groups excluding carboxylic acids is 2. The molecular weight excluding hydrogens is 272 g/mol. The van der Waals surface area contributed by atoms with Crippen molar-refractivity contribution in [2.75, 3.05) is 5.32 Å². The minimum atomic E-state index is -1.05. The van der Waals surface area contributed by atoms with E-state index in [4.69, 9.17) is 0 Å². The van der Waals surface area contributed by atoms with Crippen molar-refractivity contribution in [3.63, 3.8) is 0 Å². The van der Waals surface area contributed by atoms with Crippen molar-refractivity contribution in [3.8, 4) is 0 Å². The second-order valence-electron chi connectivity index (χ2n) is 5.27. The van der Waals surface area contributed by atoms with Crippen molar-refractivity contribution >= 4 is 23.5 Å². The van der Waals surface area contributed by atoms with E-state index in [0.717, 1.165) is 5.56 Å². The molecule has 2 rings (SSSR count). The highest BCUT2D eigenvalue weighted by molar-refractivity contribution is 6.02. The molecule has 2 atom stereocenters. The Morgan fingerprint density at radius 1 is 1.43 bits per heavy atom. The van der Waals surface area contributed by atoms with E-state index in [1.54, 1.807) is 25.1 Å². The van der Waals surface area contributed by atoms with Crippen LogP contribution < -0.4 is 10.6 Å². The molecule has 1 aliphatic heterocycles. The third-order valence-corrected chi connectivity index (χ3v) is 3.76. The molecular formula is C15H18N2O4. The molecule has 1 aromatic carbocycles. The van der Waals surface area contributed by atoms with Crippen molar-refractivity contribution in [1.29, 1.82) is 0 Å². The lowest BCUT2D eigenvalue weighted by molar-refractivity contribution is -0.140. The Bertz CT molecular complexity index is 597. The van der Waals surface area contributed by atoms with Gasteiger partial charge in [0.25, 0.3) is 5.91 Å². The third-order valence-electron chi connectivity index (χ3n) is 3.76. The summed E-state index contributed by atoms with van der Waals surface area (Å²) in [5, 5.41) is 14.4. The molecule has 0 bridgehead atoms. The predicted molar refractivity (Wildman–Crippen MR) is 77.1 cm³/mol. The maximum atomic E-state index is 12.2. The van der Waals surface area contributed by atoms with Gasteiger partial charge in [0, 0.05) is 11.3 Å². The first-order valence-corrected chi connectivity index (χ1v) is 6.88. The number of amides is 2. The lowest BCUT2D eigenvalue weighted by Gasteiger charge is -2.20. The van der Waals surface area contributed by atoms with E-state index in [9.17, 15) is 19.5 Å². The predicted octanol–water partition coefficient (Wildman–Crippen LogP) is 1.41. The Morgan fingerprint density at radius 2 is 2.14 bits per heavy atom. The van der Waals surface area contributed by atoms with Gasteiger partial charge in [0.15, 0.2) is 0 Å². The molecule has 112 valence electrons. The average molecular weight is 290 g/mol. The number of hydrogen-bond donors (Lipinski definition) is 3. The van der Waals surface area contributed by atoms with Gasteiger partial charge in [-0.25, -0.2) is 4.79 Å². The molecule has 6 nitrogen and oxygen atoms in total. The largest absolute Gasteiger partial charge is 0.480 e. The number of anilines is 1. The Labute approximate surface area is 122 Å². The molecule has 0 unspecified atom stereocenters. The Morgan fingerprint density at radius 3 is 2.76 bits per heavy atom. The normalized spacial score (nSPS) is 15.8. The molecule has 6 heteroatoms. The van der Waals surface area contributed by atoms with E-state index in [-0.39, 0.29) is 11.8 Å². The minimum absolute atomic E-state index is 0.106. The van der Waals surface area contributed by atoms with Gasteiger partial charge in [-0.2, -0.15) is 0 Å². The highest BCUT2D eigenvalue weighted by Gasteiger charge is 2.26. The number of rotatable bonds is 5. The number of aliphatic carboxylic acids is 1. The molecule has 0 spiro atoms. The fourth-order valence-electron chi connectivity index (χ4n) is 2.26. The van der Waals surface area contributed by atoms with Gasteiger partial charge in [0.1, 0.15) is 6.04 Å². The van der Waals surface area contributed by atoms with Gasteiger partial charge < -0.3 is 15.7 Å². The summed E-state index contributed by atoms with van der Waals surface area (Å²) in [4.78, 5) is 34.7. The second kappa shape index (κ2) is 5.95. The van der Waals surface area contributed by atoms with Gasteiger partial charge in [-0.15, -0.1) is 0 Å². The number of carbonyl (C=O) groups is 3. The first-order chi connectivity index (χ1) is 9.92. The summed E-state index contributed by atoms with van der Waals surface area (Å²) in [5.74, 6) is -1.77. The van der Waals surface area contributed by atoms with Crippen LogP contribution in [0.4, 0.5) is 5.69 Å². The fourth-order valence-corrected chi connectivity index (χ4v) is 2.26. The zero-order chi connectivity index (χ0) is 15.6. The lowest BCUT2D eigenvalue weighted by Crippen LogP contribution is -2.45. The topological polar surface area (TPSA) is 95.5 Å². The second-order valence-corrected chi connectivity index (χ2v) is 5.27. The van der Waals surface area contributed by atoms with Gasteiger partial charge >= 0.3 is 5.97 Å². The van der Waals surface area contributed by atoms with Crippen LogP contribution in [-0.2, 0) is 16.0 Å². The lowest BCUT2D eigenvalue weighted by atomic mass is 9.98. The van der Waals surface area contributed by atoms with E-state index in [2.05, 4.69) is 10.6 Å². The molecule has 0 aliphatic carbocycles. The van der Waals surface area contributed by atoms with Gasteiger partial charge in [-0.1, -0.05) is 26.3 Å². The molecule has 0 aromatic heterocycles. The van der Waals surface area contributed by atoms with Crippen molar-refractivity contribution in [2.24, 2.45) is 5.92 Å². The number of nitrogens with one attached hydrogen (secondary N) is 2. The summed E-state index contributed by atoms with van der Waals surface area (Å²) < 4.78 is 0. The molecule has 3 N–H and O–H groups in total. The van der Waals surface area contributed by atoms with Crippen LogP contribution in [0, 0.1) is 5.92 Å². The zero-order valence-corrected chi connectivity index (χ0v) is 12.0. The Kier molecular flexibility index (Phi) is 4.26. The van der Waals surface area contributed by atoms with Crippen LogP contribution in [0.5, 0.6) is 0 Å². The summed E-state index contributed by atoms with van der Waals surface area (Å²) >= 11 is 0. The highest BCUT2D eigenvalue weighted by atomic mass is 16.4. The highest BCUT2D eigenvalue weighted by Crippen LogP contribution is 2.24. The first-order valence-electron chi connectivity index (χ1n) is 6.88. The number of carboxylic acid groups (broad SMARTS) is 1. The maximum absolute atomic E-state index is 12.2. The van der Waals surface area contributed by atoms with Gasteiger partial charge in [-0.3, -0.25) is 9.59 Å². The average Bonchev–Trinajstić information content (AvgIpc) is 2.82. The SMILES string of the molecule is CC[C@H](C)[C@H](NC(=O)c1ccc2c(c1)NC(=O)C2)C(=O)O. The van der Waals surface area contributed by atoms with E-state index < -0.39 is 17.9 Å². The van der Waals surface area contributed by atoms with Crippen molar-refractivity contribution in [2.45, 2.75) is 32.7 Å². The number of fused-ring (bicyclic) bond motifs is 1. The molecule has 1 aliphatic rings. The van der Waals surface area contributed by atoms with Crippen LogP contribution in [0.1, 0.15) is 36.2 Å². The van der Waals surface area contributed by atoms with Gasteiger partial charge in [-0.05, 0) is 23.6 Å². The zero-order valence-electron chi connectivity index (χ0n) is 12.0. The van der Waals surface area contributed by atoms with Crippen LogP contribution in [0.3, 0.4) is 0 Å². The molecule has 0 saturated carbocycles. The Balaban J connectivity index is 2.15. The molecule has 0 fully saturated rings. The van der Waals surface area contributed by atoms with Crippen molar-refractivity contribution in [3.05, 3.63) is 29.3 Å². The maximum Gasteiger partial charge on any atom is 0.326 e. The van der Waals surface area contributed by atoms with Crippen molar-refractivity contribution < 1.29 is 19.5 Å². The number of benzene rings is 1. The van der Waals surface area contributed by atoms with Crippen LogP contribution in [0.25, 0.3) is 0 Å². The third kappa shape index (κ3) is 3.21. The summed E-state index contributed by atoms with van der Waals surface area (Å²) in [7, 11) is 0. The van der Waals surface area contributed by atoms with Crippen LogP contribution in [0.2, 0.25) is 0 Å². The first kappa shape index (κ1) is 15.0.